The zero-order valence-electron chi connectivity index (χ0n) is 13.4. The maximum Gasteiger partial charge on any atom is 0.391 e. The van der Waals surface area contributed by atoms with E-state index in [0.29, 0.717) is 33.5 Å². The van der Waals surface area contributed by atoms with E-state index in [1.54, 1.807) is 36.5 Å². The van der Waals surface area contributed by atoms with Gasteiger partial charge in [-0.05, 0) is 24.2 Å². The van der Waals surface area contributed by atoms with Gasteiger partial charge in [0.1, 0.15) is 12.6 Å². The summed E-state index contributed by atoms with van der Waals surface area (Å²) in [6, 6.07) is 6.60. The highest BCUT2D eigenvalue weighted by Crippen LogP contribution is 2.19. The highest BCUT2D eigenvalue weighted by atomic mass is 16.2. The third-order valence-electron chi connectivity index (χ3n) is 3.96. The fraction of sp³-hybridized carbons (Fsp3) is 0.267. The van der Waals surface area contributed by atoms with E-state index < -0.39 is 6.04 Å². The van der Waals surface area contributed by atoms with Crippen LogP contribution in [-0.2, 0) is 4.79 Å². The predicted molar refractivity (Wildman–Crippen MR) is 85.3 cm³/mol. The molecule has 1 amide bonds. The lowest BCUT2D eigenvalue weighted by Gasteiger charge is -2.03. The van der Waals surface area contributed by atoms with Gasteiger partial charge >= 0.3 is 5.48 Å². The lowest BCUT2D eigenvalue weighted by molar-refractivity contribution is -0.533. The van der Waals surface area contributed by atoms with Crippen molar-refractivity contribution in [3.8, 4) is 6.07 Å². The molecular formula is C15H12N9O+. The molecule has 10 heteroatoms. The summed E-state index contributed by atoms with van der Waals surface area (Å²) in [6.07, 6.45) is 0. The summed E-state index contributed by atoms with van der Waals surface area (Å²) in [4.78, 5) is 12.0. The van der Waals surface area contributed by atoms with Crippen LogP contribution >= 0.6 is 0 Å². The van der Waals surface area contributed by atoms with Gasteiger partial charge in [0.05, 0.1) is 16.5 Å². The molecule has 0 saturated carbocycles. The SMILES string of the molecule is CC1=NN(C)C(=O)C1N=Nc1ccc2nnc3[n+](c2c1)=NCC=3C#N. The van der Waals surface area contributed by atoms with Crippen molar-refractivity contribution >= 4 is 33.9 Å². The Morgan fingerprint density at radius 2 is 2.24 bits per heavy atom. The molecule has 0 spiro atoms. The number of amides is 1. The molecule has 2 aromatic rings. The van der Waals surface area contributed by atoms with Crippen molar-refractivity contribution in [3.63, 3.8) is 0 Å². The highest BCUT2D eigenvalue weighted by Gasteiger charge is 2.31. The molecule has 1 aromatic carbocycles. The van der Waals surface area contributed by atoms with Crippen LogP contribution in [0.4, 0.5) is 5.69 Å². The maximum absolute atomic E-state index is 12.0. The minimum atomic E-state index is -0.696. The number of hydrazone groups is 1. The van der Waals surface area contributed by atoms with Gasteiger partial charge in [0.25, 0.3) is 5.91 Å². The number of hydrogen-bond donors (Lipinski definition) is 0. The van der Waals surface area contributed by atoms with Crippen molar-refractivity contribution < 1.29 is 9.16 Å². The molecule has 0 radical (unpaired) electrons. The van der Waals surface area contributed by atoms with Gasteiger partial charge in [-0.3, -0.25) is 4.79 Å². The quantitative estimate of drug-likeness (QED) is 0.563. The average Bonchev–Trinajstić information content (AvgIpc) is 3.14. The van der Waals surface area contributed by atoms with Crippen LogP contribution in [0, 0.1) is 11.3 Å². The summed E-state index contributed by atoms with van der Waals surface area (Å²) in [5.41, 5.74) is 3.34. The standard InChI is InChI=1S/C15H12N9O/c1-8-13(15(25)23(2)22-8)20-18-10-3-4-11-12(5-10)24-14(21-19-11)9(6-16)7-17-24/h3-5,13H,7H2,1-2H3/q+1. The Kier molecular flexibility index (Phi) is 3.28. The maximum atomic E-state index is 12.0. The number of nitriles is 1. The smallest absolute Gasteiger partial charge is 0.270 e. The fourth-order valence-corrected chi connectivity index (χ4v) is 2.67. The van der Waals surface area contributed by atoms with Gasteiger partial charge in [-0.2, -0.15) is 20.6 Å². The number of hydrogen-bond acceptors (Lipinski definition) is 8. The normalized spacial score (nSPS) is 19.3. The molecule has 1 unspecified atom stereocenters. The van der Waals surface area contributed by atoms with E-state index in [2.05, 4.69) is 36.7 Å². The van der Waals surface area contributed by atoms with Crippen LogP contribution in [0.15, 0.2) is 38.6 Å². The van der Waals surface area contributed by atoms with Crippen molar-refractivity contribution in [2.45, 2.75) is 13.0 Å². The van der Waals surface area contributed by atoms with Gasteiger partial charge in [-0.15, -0.1) is 5.11 Å². The van der Waals surface area contributed by atoms with Crippen LogP contribution in [0.2, 0.25) is 0 Å². The van der Waals surface area contributed by atoms with Crippen molar-refractivity contribution in [1.82, 2.24) is 15.2 Å². The third-order valence-corrected chi connectivity index (χ3v) is 3.96. The lowest BCUT2D eigenvalue weighted by atomic mass is 10.2. The van der Waals surface area contributed by atoms with Gasteiger partial charge in [-0.25, -0.2) is 5.01 Å². The van der Waals surface area contributed by atoms with E-state index in [0.717, 1.165) is 0 Å². The zero-order chi connectivity index (χ0) is 17.6. The molecule has 2 aliphatic heterocycles. The molecule has 1 atom stereocenters. The third kappa shape index (κ3) is 2.33. The van der Waals surface area contributed by atoms with E-state index in [1.165, 1.54) is 5.01 Å². The van der Waals surface area contributed by atoms with Crippen LogP contribution in [-0.4, -0.2) is 46.5 Å². The number of fused-ring (bicyclic) bond motifs is 3. The number of carbonyl (C=O) groups excluding carboxylic acids is 1. The molecule has 0 aliphatic carbocycles. The summed E-state index contributed by atoms with van der Waals surface area (Å²) < 4.78 is 1.58. The Bertz CT molecular complexity index is 1140. The summed E-state index contributed by atoms with van der Waals surface area (Å²) in [7, 11) is 1.58. The molecule has 0 bridgehead atoms. The molecule has 122 valence electrons. The Labute approximate surface area is 141 Å². The average molecular weight is 334 g/mol. The summed E-state index contributed by atoms with van der Waals surface area (Å²) >= 11 is 0. The summed E-state index contributed by atoms with van der Waals surface area (Å²) in [5, 5.41) is 35.1. The molecule has 25 heavy (non-hydrogen) atoms. The molecule has 10 nitrogen and oxygen atoms in total. The van der Waals surface area contributed by atoms with Crippen LogP contribution < -0.4 is 9.84 Å². The first-order valence-electron chi connectivity index (χ1n) is 7.48. The van der Waals surface area contributed by atoms with E-state index in [1.807, 2.05) is 0 Å². The van der Waals surface area contributed by atoms with Crippen LogP contribution in [0.5, 0.6) is 0 Å². The molecule has 0 fully saturated rings. The van der Waals surface area contributed by atoms with Crippen molar-refractivity contribution in [2.24, 2.45) is 20.4 Å². The second-order valence-electron chi connectivity index (χ2n) is 5.62. The Balaban J connectivity index is 1.77. The van der Waals surface area contributed by atoms with Crippen molar-refractivity contribution in [3.05, 3.63) is 23.7 Å². The van der Waals surface area contributed by atoms with Gasteiger partial charge in [-0.1, -0.05) is 4.36 Å². The van der Waals surface area contributed by atoms with Gasteiger partial charge in [0.15, 0.2) is 22.6 Å². The Morgan fingerprint density at radius 1 is 1.40 bits per heavy atom. The number of likely N-dealkylation sites (N-methyl/N-ethyl adjacent to an activating group) is 1. The van der Waals surface area contributed by atoms with Gasteiger partial charge in [0, 0.05) is 13.1 Å². The lowest BCUT2D eigenvalue weighted by Crippen LogP contribution is -2.39. The minimum Gasteiger partial charge on any atom is -0.270 e. The van der Waals surface area contributed by atoms with Crippen LogP contribution in [0.3, 0.4) is 0 Å². The Hall–Kier alpha value is -3.61. The fourth-order valence-electron chi connectivity index (χ4n) is 2.67. The number of benzene rings is 1. The number of rotatable bonds is 2. The number of aromatic nitrogens is 3. The van der Waals surface area contributed by atoms with Crippen molar-refractivity contribution in [2.75, 3.05) is 13.6 Å². The van der Waals surface area contributed by atoms with Gasteiger partial charge in [0.2, 0.25) is 0 Å². The van der Waals surface area contributed by atoms with Gasteiger partial charge < -0.3 is 0 Å². The largest absolute Gasteiger partial charge is 0.391 e. The van der Waals surface area contributed by atoms with Crippen LogP contribution in [0.25, 0.3) is 16.6 Å². The first kappa shape index (κ1) is 14.9. The molecular weight excluding hydrogens is 322 g/mol. The first-order chi connectivity index (χ1) is 12.1. The van der Waals surface area contributed by atoms with Crippen molar-refractivity contribution in [1.29, 1.82) is 5.26 Å². The summed E-state index contributed by atoms with van der Waals surface area (Å²) in [6.45, 7) is 2.01. The molecule has 2 aliphatic rings. The molecule has 3 heterocycles. The number of nitrogens with zero attached hydrogens (tertiary/aromatic N) is 9. The molecule has 1 aromatic heterocycles. The second-order valence-corrected chi connectivity index (χ2v) is 5.62. The molecule has 0 saturated heterocycles. The highest BCUT2D eigenvalue weighted by molar-refractivity contribution is 6.10. The van der Waals surface area contributed by atoms with E-state index in [-0.39, 0.29) is 12.5 Å². The molecule has 4 rings (SSSR count). The summed E-state index contributed by atoms with van der Waals surface area (Å²) in [5.74, 6) is -0.216. The minimum absolute atomic E-state index is 0.216. The second kappa shape index (κ2) is 5.48. The number of azo groups is 1. The molecule has 0 N–H and O–H groups in total. The first-order valence-corrected chi connectivity index (χ1v) is 7.48. The Morgan fingerprint density at radius 3 is 2.96 bits per heavy atom. The topological polar surface area (TPSA) is 125 Å². The number of carbonyl (C=O) groups is 1. The monoisotopic (exact) mass is 334 g/mol. The van der Waals surface area contributed by atoms with E-state index >= 15 is 0 Å². The predicted octanol–water partition coefficient (Wildman–Crippen LogP) is -0.0629. The zero-order valence-corrected chi connectivity index (χ0v) is 13.4. The van der Waals surface area contributed by atoms with E-state index in [4.69, 9.17) is 5.26 Å². The van der Waals surface area contributed by atoms with E-state index in [9.17, 15) is 4.79 Å². The van der Waals surface area contributed by atoms with Crippen LogP contribution in [0.1, 0.15) is 6.92 Å².